The minimum Gasteiger partial charge on any atom is -0.258 e. The van der Waals surface area contributed by atoms with Crippen molar-refractivity contribution in [1.82, 2.24) is 0 Å². The van der Waals surface area contributed by atoms with E-state index < -0.39 is 14.9 Å². The number of rotatable bonds is 6. The molecule has 3 rings (SSSR count). The van der Waals surface area contributed by atoms with Crippen LogP contribution in [0.5, 0.6) is 0 Å². The molecule has 0 heterocycles. The predicted octanol–water partition coefficient (Wildman–Crippen LogP) is 3.69. The van der Waals surface area contributed by atoms with Crippen molar-refractivity contribution in [2.24, 2.45) is 5.14 Å². The zero-order valence-corrected chi connectivity index (χ0v) is 15.2. The molecular formula is C20H18N2O4S. The zero-order valence-electron chi connectivity index (χ0n) is 14.4. The van der Waals surface area contributed by atoms with E-state index in [-0.39, 0.29) is 10.6 Å². The van der Waals surface area contributed by atoms with Crippen LogP contribution in [-0.2, 0) is 22.9 Å². The fourth-order valence-corrected chi connectivity index (χ4v) is 3.48. The lowest BCUT2D eigenvalue weighted by Crippen LogP contribution is -2.11. The number of nitrogens with two attached hydrogens (primary N) is 1. The standard InChI is InChI=1S/C20H18N2O4S/c21-27(25,26)19-8-4-7-16(14-19)17-11-12-20(22(23)24)18(13-17)10-9-15-5-2-1-3-6-15/h1-8,11-14H,9-10H2,(H2,21,25,26). The number of hydrogen-bond donors (Lipinski definition) is 1. The molecule has 0 aliphatic rings. The Bertz CT molecular complexity index is 1080. The first kappa shape index (κ1) is 18.8. The van der Waals surface area contributed by atoms with Crippen molar-refractivity contribution in [2.75, 3.05) is 0 Å². The lowest BCUT2D eigenvalue weighted by Gasteiger charge is -2.08. The second kappa shape index (κ2) is 7.69. The van der Waals surface area contributed by atoms with E-state index in [2.05, 4.69) is 0 Å². The zero-order chi connectivity index (χ0) is 19.4. The summed E-state index contributed by atoms with van der Waals surface area (Å²) in [5.74, 6) is 0. The summed E-state index contributed by atoms with van der Waals surface area (Å²) in [6.45, 7) is 0. The lowest BCUT2D eigenvalue weighted by atomic mass is 9.98. The normalized spacial score (nSPS) is 11.3. The van der Waals surface area contributed by atoms with Crippen molar-refractivity contribution >= 4 is 15.7 Å². The summed E-state index contributed by atoms with van der Waals surface area (Å²) in [4.78, 5) is 11.0. The summed E-state index contributed by atoms with van der Waals surface area (Å²) in [5.41, 5.74) is 3.08. The van der Waals surface area contributed by atoms with E-state index in [0.29, 0.717) is 29.5 Å². The molecule has 0 amide bonds. The Balaban J connectivity index is 1.97. The van der Waals surface area contributed by atoms with E-state index in [1.54, 1.807) is 24.3 Å². The molecule has 6 nitrogen and oxygen atoms in total. The van der Waals surface area contributed by atoms with Gasteiger partial charge in [-0.05, 0) is 53.8 Å². The minimum atomic E-state index is -3.82. The highest BCUT2D eigenvalue weighted by atomic mass is 32.2. The van der Waals surface area contributed by atoms with Crippen LogP contribution in [0.15, 0.2) is 77.7 Å². The molecule has 27 heavy (non-hydrogen) atoms. The molecule has 0 spiro atoms. The van der Waals surface area contributed by atoms with Gasteiger partial charge >= 0.3 is 0 Å². The third-order valence-corrected chi connectivity index (χ3v) is 5.21. The highest BCUT2D eigenvalue weighted by Gasteiger charge is 2.16. The summed E-state index contributed by atoms with van der Waals surface area (Å²) >= 11 is 0. The molecule has 3 aromatic rings. The number of benzene rings is 3. The molecule has 0 radical (unpaired) electrons. The van der Waals surface area contributed by atoms with Gasteiger partial charge in [-0.1, -0.05) is 42.5 Å². The van der Waals surface area contributed by atoms with Gasteiger partial charge < -0.3 is 0 Å². The molecule has 0 unspecified atom stereocenters. The molecule has 3 aromatic carbocycles. The van der Waals surface area contributed by atoms with Crippen LogP contribution in [0.2, 0.25) is 0 Å². The number of sulfonamides is 1. The largest absolute Gasteiger partial charge is 0.272 e. The van der Waals surface area contributed by atoms with Gasteiger partial charge in [-0.25, -0.2) is 13.6 Å². The van der Waals surface area contributed by atoms with Crippen molar-refractivity contribution in [3.63, 3.8) is 0 Å². The van der Waals surface area contributed by atoms with E-state index in [1.165, 1.54) is 18.2 Å². The Hall–Kier alpha value is -3.03. The number of nitrogens with zero attached hydrogens (tertiary/aromatic N) is 1. The van der Waals surface area contributed by atoms with Crippen molar-refractivity contribution in [3.8, 4) is 11.1 Å². The van der Waals surface area contributed by atoms with E-state index >= 15 is 0 Å². The number of primary sulfonamides is 1. The SMILES string of the molecule is NS(=O)(=O)c1cccc(-c2ccc([N+](=O)[O-])c(CCc3ccccc3)c2)c1. The highest BCUT2D eigenvalue weighted by Crippen LogP contribution is 2.29. The topological polar surface area (TPSA) is 103 Å². The van der Waals surface area contributed by atoms with Crippen molar-refractivity contribution < 1.29 is 13.3 Å². The van der Waals surface area contributed by atoms with E-state index in [1.807, 2.05) is 30.3 Å². The third-order valence-electron chi connectivity index (χ3n) is 4.30. The van der Waals surface area contributed by atoms with Gasteiger partial charge in [-0.2, -0.15) is 0 Å². The summed E-state index contributed by atoms with van der Waals surface area (Å²) in [7, 11) is -3.82. The summed E-state index contributed by atoms with van der Waals surface area (Å²) < 4.78 is 23.1. The Morgan fingerprint density at radius 3 is 2.22 bits per heavy atom. The second-order valence-corrected chi connectivity index (χ2v) is 7.72. The van der Waals surface area contributed by atoms with Gasteiger partial charge in [0.1, 0.15) is 0 Å². The monoisotopic (exact) mass is 382 g/mol. The molecule has 0 saturated heterocycles. The van der Waals surface area contributed by atoms with E-state index in [0.717, 1.165) is 5.56 Å². The Labute approximate surface area is 157 Å². The maximum Gasteiger partial charge on any atom is 0.272 e. The van der Waals surface area contributed by atoms with Crippen LogP contribution in [-0.4, -0.2) is 13.3 Å². The Kier molecular flexibility index (Phi) is 5.34. The number of nitro benzene ring substituents is 1. The fraction of sp³-hybridized carbons (Fsp3) is 0.100. The predicted molar refractivity (Wildman–Crippen MR) is 104 cm³/mol. The molecule has 0 atom stereocenters. The van der Waals surface area contributed by atoms with Gasteiger partial charge in [0.05, 0.1) is 9.82 Å². The van der Waals surface area contributed by atoms with Crippen molar-refractivity contribution in [3.05, 3.63) is 94.0 Å². The maximum atomic E-state index is 11.6. The van der Waals surface area contributed by atoms with Gasteiger partial charge in [0, 0.05) is 11.6 Å². The first-order chi connectivity index (χ1) is 12.8. The van der Waals surface area contributed by atoms with Gasteiger partial charge in [0.25, 0.3) is 5.69 Å². The van der Waals surface area contributed by atoms with Gasteiger partial charge in [0.2, 0.25) is 10.0 Å². The molecule has 0 aliphatic heterocycles. The van der Waals surface area contributed by atoms with Gasteiger partial charge in [-0.3, -0.25) is 10.1 Å². The van der Waals surface area contributed by atoms with Gasteiger partial charge in [-0.15, -0.1) is 0 Å². The van der Waals surface area contributed by atoms with Crippen LogP contribution in [0.1, 0.15) is 11.1 Å². The van der Waals surface area contributed by atoms with Crippen LogP contribution >= 0.6 is 0 Å². The summed E-state index contributed by atoms with van der Waals surface area (Å²) in [6, 6.07) is 20.8. The highest BCUT2D eigenvalue weighted by molar-refractivity contribution is 7.89. The van der Waals surface area contributed by atoms with Gasteiger partial charge in [0.15, 0.2) is 0 Å². The molecule has 0 aromatic heterocycles. The van der Waals surface area contributed by atoms with Crippen LogP contribution in [0, 0.1) is 10.1 Å². The Morgan fingerprint density at radius 1 is 0.852 bits per heavy atom. The molecule has 0 bridgehead atoms. The average molecular weight is 382 g/mol. The number of nitro groups is 1. The molecule has 0 aliphatic carbocycles. The minimum absolute atomic E-state index is 0.00388. The summed E-state index contributed by atoms with van der Waals surface area (Å²) in [5, 5.41) is 16.6. The quantitative estimate of drug-likeness (QED) is 0.518. The summed E-state index contributed by atoms with van der Waals surface area (Å²) in [6.07, 6.45) is 1.17. The molecular weight excluding hydrogens is 364 g/mol. The van der Waals surface area contributed by atoms with Crippen LogP contribution < -0.4 is 5.14 Å². The van der Waals surface area contributed by atoms with Crippen LogP contribution in [0.4, 0.5) is 5.69 Å². The van der Waals surface area contributed by atoms with Crippen molar-refractivity contribution in [1.29, 1.82) is 0 Å². The molecule has 0 fully saturated rings. The fourth-order valence-electron chi connectivity index (χ4n) is 2.92. The molecule has 0 saturated carbocycles. The third kappa shape index (κ3) is 4.58. The van der Waals surface area contributed by atoms with E-state index in [9.17, 15) is 18.5 Å². The van der Waals surface area contributed by atoms with E-state index in [4.69, 9.17) is 5.14 Å². The van der Waals surface area contributed by atoms with Crippen LogP contribution in [0.3, 0.4) is 0 Å². The smallest absolute Gasteiger partial charge is 0.258 e. The lowest BCUT2D eigenvalue weighted by molar-refractivity contribution is -0.385. The van der Waals surface area contributed by atoms with Crippen LogP contribution in [0.25, 0.3) is 11.1 Å². The second-order valence-electron chi connectivity index (χ2n) is 6.16. The molecule has 2 N–H and O–H groups in total. The number of hydrogen-bond acceptors (Lipinski definition) is 4. The molecule has 7 heteroatoms. The van der Waals surface area contributed by atoms with Crippen molar-refractivity contribution in [2.45, 2.75) is 17.7 Å². The first-order valence-corrected chi connectivity index (χ1v) is 9.84. The first-order valence-electron chi connectivity index (χ1n) is 8.29. The average Bonchev–Trinajstić information content (AvgIpc) is 2.66. The maximum absolute atomic E-state index is 11.6. The molecule has 138 valence electrons. The Morgan fingerprint density at radius 2 is 1.56 bits per heavy atom. The number of aryl methyl sites for hydroxylation is 2.